The first-order valence-corrected chi connectivity index (χ1v) is 10.1. The summed E-state index contributed by atoms with van der Waals surface area (Å²) >= 11 is 8.34. The van der Waals surface area contributed by atoms with Crippen molar-refractivity contribution in [3.8, 4) is 0 Å². The molecule has 134 valence electrons. The van der Waals surface area contributed by atoms with Gasteiger partial charge in [-0.3, -0.25) is 0 Å². The first-order valence-electron chi connectivity index (χ1n) is 9.33. The summed E-state index contributed by atoms with van der Waals surface area (Å²) in [7, 11) is 0. The molecule has 0 saturated heterocycles. The maximum Gasteiger partial charge on any atom is 0.157 e. The minimum absolute atomic E-state index is 0.390. The first-order chi connectivity index (χ1) is 13.8. The van der Waals surface area contributed by atoms with E-state index in [2.05, 4.69) is 80.4 Å². The lowest BCUT2D eigenvalue weighted by molar-refractivity contribution is 0.284. The molecule has 0 amide bonds. The molecule has 0 aliphatic heterocycles. The molecule has 4 heteroatoms. The van der Waals surface area contributed by atoms with Crippen LogP contribution in [-0.4, -0.2) is 0 Å². The third-order valence-corrected chi connectivity index (χ3v) is 6.96. The third-order valence-electron chi connectivity index (χ3n) is 6.56. The minimum atomic E-state index is -0.390. The Labute approximate surface area is 171 Å². The maximum atomic E-state index is 5.60. The molecule has 1 atom stereocenters. The first kappa shape index (κ1) is 15.5. The van der Waals surface area contributed by atoms with Gasteiger partial charge in [-0.15, -0.1) is 0 Å². The van der Waals surface area contributed by atoms with Crippen molar-refractivity contribution < 1.29 is 8.37 Å². The fourth-order valence-electron chi connectivity index (χ4n) is 5.46. The number of hydrogen-bond donors (Lipinski definition) is 2. The summed E-state index contributed by atoms with van der Waals surface area (Å²) in [4.78, 5) is 0. The summed E-state index contributed by atoms with van der Waals surface area (Å²) in [5.41, 5.74) is 2.47. The number of hydrogen-bond acceptors (Lipinski definition) is 4. The Hall–Kier alpha value is -2.40. The molecule has 0 heterocycles. The molecule has 0 radical (unpaired) electrons. The summed E-state index contributed by atoms with van der Waals surface area (Å²) in [5, 5.41) is 12.7. The van der Waals surface area contributed by atoms with E-state index in [-0.39, 0.29) is 0 Å². The van der Waals surface area contributed by atoms with Crippen molar-refractivity contribution in [3.05, 3.63) is 70.1 Å². The fraction of sp³-hybridized carbons (Fsp3) is 0.0833. The molecule has 5 aromatic carbocycles. The van der Waals surface area contributed by atoms with Crippen LogP contribution >= 0.6 is 25.8 Å². The highest BCUT2D eigenvalue weighted by molar-refractivity contribution is 7.75. The van der Waals surface area contributed by atoms with Crippen molar-refractivity contribution in [1.29, 1.82) is 0 Å². The molecule has 0 N–H and O–H groups in total. The summed E-state index contributed by atoms with van der Waals surface area (Å²) in [6, 6.07) is 17.6. The van der Waals surface area contributed by atoms with Crippen molar-refractivity contribution in [1.82, 2.24) is 0 Å². The van der Waals surface area contributed by atoms with Crippen LogP contribution in [0.15, 0.2) is 48.5 Å². The van der Waals surface area contributed by atoms with Crippen LogP contribution in [0.1, 0.15) is 17.2 Å². The van der Waals surface area contributed by atoms with Gasteiger partial charge in [0, 0.05) is 23.5 Å². The van der Waals surface area contributed by atoms with Crippen molar-refractivity contribution >= 4 is 80.7 Å². The third kappa shape index (κ3) is 1.61. The average molecular weight is 399 g/mol. The van der Waals surface area contributed by atoms with E-state index in [9.17, 15) is 0 Å². The van der Waals surface area contributed by atoms with E-state index in [1.54, 1.807) is 0 Å². The van der Waals surface area contributed by atoms with Gasteiger partial charge in [-0.05, 0) is 73.4 Å². The molecule has 2 aliphatic carbocycles. The zero-order valence-corrected chi connectivity index (χ0v) is 16.5. The summed E-state index contributed by atoms with van der Waals surface area (Å²) in [6.45, 7) is 0. The molecule has 0 spiro atoms. The number of benzene rings is 5. The zero-order valence-electron chi connectivity index (χ0n) is 14.7. The Balaban J connectivity index is 1.99. The predicted molar refractivity (Wildman–Crippen MR) is 121 cm³/mol. The monoisotopic (exact) mass is 398 g/mol. The lowest BCUT2D eigenvalue weighted by atomic mass is 9.79. The van der Waals surface area contributed by atoms with Gasteiger partial charge in [-0.25, -0.2) is 0 Å². The fourth-order valence-corrected chi connectivity index (χ4v) is 5.87. The largest absolute Gasteiger partial charge is 0.429 e. The van der Waals surface area contributed by atoms with Gasteiger partial charge in [0.1, 0.15) is 0 Å². The smallest absolute Gasteiger partial charge is 0.157 e. The van der Waals surface area contributed by atoms with Crippen molar-refractivity contribution in [3.63, 3.8) is 0 Å². The zero-order chi connectivity index (χ0) is 18.6. The standard InChI is InChI=1S/C24H14O2S2/c27-25-23-15-9-7-13-5-3-11-1-2-12-4-6-14-8-10-16(24(23)26-28)22-20(14)18(12)17(11)19(13)21(15)22/h1-3,5-10,23,27-28H,4H2. The predicted octanol–water partition coefficient (Wildman–Crippen LogP) is 4.96. The van der Waals surface area contributed by atoms with Crippen LogP contribution in [0.2, 0.25) is 0 Å². The van der Waals surface area contributed by atoms with E-state index >= 15 is 0 Å². The van der Waals surface area contributed by atoms with E-state index in [0.29, 0.717) is 5.76 Å². The molecule has 5 aromatic rings. The second-order valence-electron chi connectivity index (χ2n) is 7.69. The highest BCUT2D eigenvalue weighted by Gasteiger charge is 2.30. The van der Waals surface area contributed by atoms with Crippen molar-refractivity contribution in [2.45, 2.75) is 12.5 Å². The lowest BCUT2D eigenvalue weighted by Crippen LogP contribution is -2.24. The van der Waals surface area contributed by atoms with Gasteiger partial charge in [-0.2, -0.15) is 0 Å². The number of rotatable bonds is 2. The molecular weight excluding hydrogens is 384 g/mol. The van der Waals surface area contributed by atoms with Gasteiger partial charge in [0.2, 0.25) is 0 Å². The highest BCUT2D eigenvalue weighted by Crippen LogP contribution is 2.47. The van der Waals surface area contributed by atoms with Crippen LogP contribution in [0.4, 0.5) is 0 Å². The summed E-state index contributed by atoms with van der Waals surface area (Å²) in [6.07, 6.45) is 2.91. The molecular formula is C24H14O2S2. The Kier molecular flexibility index (Phi) is 2.85. The molecule has 7 rings (SSSR count). The highest BCUT2D eigenvalue weighted by atomic mass is 32.1. The van der Waals surface area contributed by atoms with E-state index in [4.69, 9.17) is 8.37 Å². The minimum Gasteiger partial charge on any atom is -0.429 e. The SMILES string of the molecule is SOC1=c2ccc3c4c5c(ccc6ccc7ccc(c(c24)c7c65)C1OS)CC=3. The lowest BCUT2D eigenvalue weighted by Gasteiger charge is -2.27. The van der Waals surface area contributed by atoms with E-state index < -0.39 is 6.10 Å². The van der Waals surface area contributed by atoms with Crippen LogP contribution in [0, 0.1) is 0 Å². The number of thiol groups is 2. The average Bonchev–Trinajstić information content (AvgIpc) is 2.76. The molecule has 0 bridgehead atoms. The van der Waals surface area contributed by atoms with Crippen LogP contribution < -0.4 is 10.4 Å². The second-order valence-corrected chi connectivity index (χ2v) is 8.09. The Morgan fingerprint density at radius 1 is 0.714 bits per heavy atom. The van der Waals surface area contributed by atoms with E-state index in [1.165, 1.54) is 53.9 Å². The molecule has 0 fully saturated rings. The molecule has 1 unspecified atom stereocenters. The van der Waals surface area contributed by atoms with Gasteiger partial charge < -0.3 is 8.37 Å². The quantitative estimate of drug-likeness (QED) is 0.190. The summed E-state index contributed by atoms with van der Waals surface area (Å²) in [5.74, 6) is 0.696. The second kappa shape index (κ2) is 5.15. The normalized spacial score (nSPS) is 17.5. The van der Waals surface area contributed by atoms with Crippen LogP contribution in [0.5, 0.6) is 0 Å². The van der Waals surface area contributed by atoms with E-state index in [0.717, 1.165) is 17.2 Å². The van der Waals surface area contributed by atoms with Gasteiger partial charge in [0.15, 0.2) is 11.9 Å². The Morgan fingerprint density at radius 2 is 1.46 bits per heavy atom. The Bertz CT molecular complexity index is 1620. The Morgan fingerprint density at radius 3 is 2.25 bits per heavy atom. The molecule has 28 heavy (non-hydrogen) atoms. The van der Waals surface area contributed by atoms with Crippen LogP contribution in [0.3, 0.4) is 0 Å². The molecule has 0 saturated carbocycles. The van der Waals surface area contributed by atoms with Crippen molar-refractivity contribution in [2.75, 3.05) is 0 Å². The van der Waals surface area contributed by atoms with Crippen LogP contribution in [-0.2, 0) is 14.8 Å². The summed E-state index contributed by atoms with van der Waals surface area (Å²) < 4.78 is 11.2. The van der Waals surface area contributed by atoms with E-state index in [1.807, 2.05) is 0 Å². The van der Waals surface area contributed by atoms with Gasteiger partial charge in [0.25, 0.3) is 0 Å². The van der Waals surface area contributed by atoms with Crippen LogP contribution in [0.25, 0.3) is 54.9 Å². The van der Waals surface area contributed by atoms with Gasteiger partial charge in [-0.1, -0.05) is 54.6 Å². The van der Waals surface area contributed by atoms with Gasteiger partial charge >= 0.3 is 0 Å². The molecule has 2 aliphatic rings. The van der Waals surface area contributed by atoms with Crippen molar-refractivity contribution in [2.24, 2.45) is 0 Å². The maximum absolute atomic E-state index is 5.60. The molecule has 0 aromatic heterocycles. The molecule has 2 nitrogen and oxygen atoms in total. The topological polar surface area (TPSA) is 18.5 Å². The van der Waals surface area contributed by atoms with Gasteiger partial charge in [0.05, 0.1) is 0 Å².